The maximum Gasteiger partial charge on any atom is 0.321 e. The van der Waals surface area contributed by atoms with E-state index in [0.717, 1.165) is 40.1 Å². The second kappa shape index (κ2) is 6.91. The number of carbonyl (C=O) groups excluding carboxylic acids is 1. The van der Waals surface area contributed by atoms with Gasteiger partial charge in [0.25, 0.3) is 0 Å². The number of rotatable bonds is 1. The summed E-state index contributed by atoms with van der Waals surface area (Å²) in [6.07, 6.45) is 3.52. The Labute approximate surface area is 176 Å². The van der Waals surface area contributed by atoms with Gasteiger partial charge in [0.2, 0.25) is 0 Å². The van der Waals surface area contributed by atoms with Crippen LogP contribution in [0.4, 0.5) is 20.6 Å². The van der Waals surface area contributed by atoms with E-state index in [9.17, 15) is 9.18 Å². The van der Waals surface area contributed by atoms with Gasteiger partial charge in [-0.2, -0.15) is 0 Å². The average molecular weight is 455 g/mol. The summed E-state index contributed by atoms with van der Waals surface area (Å²) in [5, 5.41) is 6.54. The van der Waals surface area contributed by atoms with Crippen molar-refractivity contribution in [2.24, 2.45) is 0 Å². The molecule has 2 aliphatic rings. The van der Waals surface area contributed by atoms with Gasteiger partial charge < -0.3 is 20.1 Å². The standard InChI is InChI=1S/C22H20BrFN4O/c23-15-3-6-17(7-4-15)25-21(29)27-12-9-22(10-13-27)20-2-1-11-28(20)19-8-5-16(24)14-18(19)26-22/h1-8,11,14,26H,9-10,12-13H2,(H,25,29). The Bertz CT molecular complexity index is 1070. The second-order valence-corrected chi connectivity index (χ2v) is 8.47. The molecule has 3 heterocycles. The van der Waals surface area contributed by atoms with Crippen molar-refractivity contribution in [3.05, 3.63) is 76.8 Å². The minimum absolute atomic E-state index is 0.0974. The number of amides is 2. The number of benzene rings is 2. The maximum atomic E-state index is 13.8. The Hall–Kier alpha value is -2.80. The van der Waals surface area contributed by atoms with Crippen LogP contribution in [0.15, 0.2) is 65.3 Å². The predicted molar refractivity (Wildman–Crippen MR) is 115 cm³/mol. The molecule has 1 aromatic heterocycles. The Kier molecular flexibility index (Phi) is 4.35. The number of carbonyl (C=O) groups is 1. The van der Waals surface area contributed by atoms with Gasteiger partial charge in [0, 0.05) is 35.1 Å². The van der Waals surface area contributed by atoms with Crippen LogP contribution in [0, 0.1) is 5.82 Å². The van der Waals surface area contributed by atoms with Crippen LogP contribution in [0.3, 0.4) is 0 Å². The molecule has 2 amide bonds. The number of nitrogens with zero attached hydrogens (tertiary/aromatic N) is 2. The van der Waals surface area contributed by atoms with Crippen LogP contribution in [-0.2, 0) is 5.54 Å². The first-order chi connectivity index (χ1) is 14.0. The van der Waals surface area contributed by atoms with Crippen molar-refractivity contribution >= 4 is 33.3 Å². The smallest absolute Gasteiger partial charge is 0.321 e. The summed E-state index contributed by atoms with van der Waals surface area (Å²) in [6.45, 7) is 1.23. The van der Waals surface area contributed by atoms with Crippen molar-refractivity contribution in [3.8, 4) is 5.69 Å². The van der Waals surface area contributed by atoms with E-state index in [2.05, 4.69) is 37.2 Å². The number of urea groups is 1. The van der Waals surface area contributed by atoms with E-state index in [4.69, 9.17) is 0 Å². The zero-order valence-corrected chi connectivity index (χ0v) is 17.2. The molecule has 0 bridgehead atoms. The molecule has 7 heteroatoms. The van der Waals surface area contributed by atoms with Gasteiger partial charge in [-0.3, -0.25) is 0 Å². The minimum Gasteiger partial charge on any atom is -0.372 e. The van der Waals surface area contributed by atoms with Crippen LogP contribution >= 0.6 is 15.9 Å². The fraction of sp³-hybridized carbons (Fsp3) is 0.227. The third-order valence-electron chi connectivity index (χ3n) is 5.83. The van der Waals surface area contributed by atoms with Crippen LogP contribution < -0.4 is 10.6 Å². The molecule has 29 heavy (non-hydrogen) atoms. The molecule has 0 saturated carbocycles. The maximum absolute atomic E-state index is 13.8. The van der Waals surface area contributed by atoms with Crippen LogP contribution in [-0.4, -0.2) is 28.6 Å². The Morgan fingerprint density at radius 3 is 2.62 bits per heavy atom. The van der Waals surface area contributed by atoms with Crippen molar-refractivity contribution < 1.29 is 9.18 Å². The first-order valence-corrected chi connectivity index (χ1v) is 10.4. The van der Waals surface area contributed by atoms with Gasteiger partial charge in [-0.05, 0) is 67.4 Å². The number of piperidine rings is 1. The monoisotopic (exact) mass is 454 g/mol. The van der Waals surface area contributed by atoms with E-state index in [1.165, 1.54) is 6.07 Å². The summed E-state index contributed by atoms with van der Waals surface area (Å²) >= 11 is 3.40. The summed E-state index contributed by atoms with van der Waals surface area (Å²) in [6, 6.07) is 16.4. The molecule has 0 atom stereocenters. The number of hydrogen-bond donors (Lipinski definition) is 2. The highest BCUT2D eigenvalue weighted by Crippen LogP contribution is 2.43. The van der Waals surface area contributed by atoms with Gasteiger partial charge in [0.15, 0.2) is 0 Å². The minimum atomic E-state index is -0.307. The molecule has 2 aliphatic heterocycles. The van der Waals surface area contributed by atoms with Gasteiger partial charge in [-0.25, -0.2) is 9.18 Å². The lowest BCUT2D eigenvalue weighted by molar-refractivity contribution is 0.174. The summed E-state index contributed by atoms with van der Waals surface area (Å²) in [7, 11) is 0. The van der Waals surface area contributed by atoms with Gasteiger partial charge in [-0.15, -0.1) is 0 Å². The molecule has 0 unspecified atom stereocenters. The lowest BCUT2D eigenvalue weighted by atomic mass is 9.82. The van der Waals surface area contributed by atoms with E-state index >= 15 is 0 Å². The topological polar surface area (TPSA) is 49.3 Å². The highest BCUT2D eigenvalue weighted by molar-refractivity contribution is 9.10. The normalized spacial score (nSPS) is 16.7. The van der Waals surface area contributed by atoms with E-state index < -0.39 is 0 Å². The highest BCUT2D eigenvalue weighted by atomic mass is 79.9. The van der Waals surface area contributed by atoms with Crippen molar-refractivity contribution in [1.29, 1.82) is 0 Å². The van der Waals surface area contributed by atoms with Crippen molar-refractivity contribution in [3.63, 3.8) is 0 Å². The molecular weight excluding hydrogens is 435 g/mol. The van der Waals surface area contributed by atoms with Gasteiger partial charge in [0.05, 0.1) is 16.9 Å². The molecule has 148 valence electrons. The predicted octanol–water partition coefficient (Wildman–Crippen LogP) is 5.33. The van der Waals surface area contributed by atoms with Gasteiger partial charge >= 0.3 is 6.03 Å². The first-order valence-electron chi connectivity index (χ1n) is 9.62. The molecule has 1 fully saturated rings. The largest absolute Gasteiger partial charge is 0.372 e. The molecule has 2 aromatic carbocycles. The van der Waals surface area contributed by atoms with Crippen molar-refractivity contribution in [2.45, 2.75) is 18.4 Å². The lowest BCUT2D eigenvalue weighted by Gasteiger charge is -2.46. The fourth-order valence-electron chi connectivity index (χ4n) is 4.33. The Morgan fingerprint density at radius 2 is 1.86 bits per heavy atom. The van der Waals surface area contributed by atoms with E-state index in [1.807, 2.05) is 41.4 Å². The van der Waals surface area contributed by atoms with Crippen molar-refractivity contribution in [1.82, 2.24) is 9.47 Å². The molecule has 5 rings (SSSR count). The molecule has 3 aromatic rings. The second-order valence-electron chi connectivity index (χ2n) is 7.56. The summed E-state index contributed by atoms with van der Waals surface area (Å²) in [5.74, 6) is -0.256. The van der Waals surface area contributed by atoms with Gasteiger partial charge in [0.1, 0.15) is 5.82 Å². The lowest BCUT2D eigenvalue weighted by Crippen LogP contribution is -2.51. The average Bonchev–Trinajstić information content (AvgIpc) is 3.21. The zero-order chi connectivity index (χ0) is 20.0. The third kappa shape index (κ3) is 3.19. The van der Waals surface area contributed by atoms with Crippen LogP contribution in [0.2, 0.25) is 0 Å². The molecular formula is C22H20BrFN4O. The Morgan fingerprint density at radius 1 is 1.10 bits per heavy atom. The molecule has 2 N–H and O–H groups in total. The first kappa shape index (κ1) is 18.2. The van der Waals surface area contributed by atoms with Gasteiger partial charge in [-0.1, -0.05) is 15.9 Å². The zero-order valence-electron chi connectivity index (χ0n) is 15.7. The summed E-state index contributed by atoms with van der Waals surface area (Å²) in [5.41, 5.74) is 3.37. The number of anilines is 2. The van der Waals surface area contributed by atoms with Crippen LogP contribution in [0.1, 0.15) is 18.5 Å². The van der Waals surface area contributed by atoms with Crippen LogP contribution in [0.5, 0.6) is 0 Å². The fourth-order valence-corrected chi connectivity index (χ4v) is 4.59. The number of aromatic nitrogens is 1. The summed E-state index contributed by atoms with van der Waals surface area (Å²) < 4.78 is 16.9. The van der Waals surface area contributed by atoms with E-state index in [-0.39, 0.29) is 17.4 Å². The molecule has 0 radical (unpaired) electrons. The third-order valence-corrected chi connectivity index (χ3v) is 6.36. The van der Waals surface area contributed by atoms with E-state index in [0.29, 0.717) is 13.1 Å². The SMILES string of the molecule is O=C(Nc1ccc(Br)cc1)N1CCC2(CC1)Nc1cc(F)ccc1-n1cccc12. The molecule has 0 aliphatic carbocycles. The molecule has 1 spiro atoms. The van der Waals surface area contributed by atoms with Crippen molar-refractivity contribution in [2.75, 3.05) is 23.7 Å². The number of nitrogens with one attached hydrogen (secondary N) is 2. The number of fused-ring (bicyclic) bond motifs is 4. The number of halogens is 2. The van der Waals surface area contributed by atoms with E-state index in [1.54, 1.807) is 12.1 Å². The highest BCUT2D eigenvalue weighted by Gasteiger charge is 2.42. The molecule has 1 saturated heterocycles. The number of likely N-dealkylation sites (tertiary alicyclic amines) is 1. The summed E-state index contributed by atoms with van der Waals surface area (Å²) in [4.78, 5) is 14.5. The molecule has 5 nitrogen and oxygen atoms in total. The Balaban J connectivity index is 1.34. The van der Waals surface area contributed by atoms with Crippen LogP contribution in [0.25, 0.3) is 5.69 Å². The quantitative estimate of drug-likeness (QED) is 0.522. The number of hydrogen-bond acceptors (Lipinski definition) is 2.